The van der Waals surface area contributed by atoms with Crippen LogP contribution in [0.1, 0.15) is 17.9 Å². The average Bonchev–Trinajstić information content (AvgIpc) is 2.72. The number of nitrogens with zero attached hydrogens (tertiary/aromatic N) is 1. The molecule has 1 aromatic heterocycles. The van der Waals surface area contributed by atoms with E-state index >= 15 is 0 Å². The first-order chi connectivity index (χ1) is 8.65. The van der Waals surface area contributed by atoms with Crippen LogP contribution in [0.15, 0.2) is 28.9 Å². The second-order valence-electron chi connectivity index (χ2n) is 5.15. The van der Waals surface area contributed by atoms with Gasteiger partial charge in [-0.25, -0.2) is 0 Å². The monoisotopic (exact) mass is 264 g/mol. The number of hydrogen-bond donors (Lipinski definition) is 1. The summed E-state index contributed by atoms with van der Waals surface area (Å²) < 4.78 is 5.60. The lowest BCUT2D eigenvalue weighted by molar-refractivity contribution is 0.228. The van der Waals surface area contributed by atoms with Crippen molar-refractivity contribution >= 4 is 22.6 Å². The van der Waals surface area contributed by atoms with Crippen molar-refractivity contribution in [3.05, 3.63) is 35.0 Å². The Hall–Kier alpha value is -1.03. The van der Waals surface area contributed by atoms with Gasteiger partial charge in [-0.3, -0.25) is 0 Å². The maximum atomic E-state index is 6.27. The van der Waals surface area contributed by atoms with E-state index in [-0.39, 0.29) is 6.04 Å². The van der Waals surface area contributed by atoms with E-state index in [1.165, 1.54) is 5.56 Å². The fraction of sp³-hybridized carbons (Fsp3) is 0.429. The van der Waals surface area contributed by atoms with Gasteiger partial charge in [0.05, 0.1) is 6.26 Å². The van der Waals surface area contributed by atoms with Crippen LogP contribution < -0.4 is 5.73 Å². The first kappa shape index (κ1) is 12.0. The number of likely N-dealkylation sites (tertiary alicyclic amines) is 1. The van der Waals surface area contributed by atoms with Gasteiger partial charge in [0.2, 0.25) is 0 Å². The molecule has 4 heteroatoms. The fourth-order valence-electron chi connectivity index (χ4n) is 2.85. The summed E-state index contributed by atoms with van der Waals surface area (Å²) in [5, 5.41) is 1.85. The maximum absolute atomic E-state index is 6.27. The second-order valence-corrected chi connectivity index (χ2v) is 5.59. The van der Waals surface area contributed by atoms with Crippen molar-refractivity contribution in [3.8, 4) is 0 Å². The number of fused-ring (bicyclic) bond motifs is 1. The molecule has 0 radical (unpaired) electrons. The topological polar surface area (TPSA) is 42.4 Å². The Morgan fingerprint density at radius 1 is 1.44 bits per heavy atom. The summed E-state index contributed by atoms with van der Waals surface area (Å²) in [4.78, 5) is 2.27. The van der Waals surface area contributed by atoms with E-state index in [4.69, 9.17) is 21.8 Å². The molecule has 1 aliphatic rings. The normalized spacial score (nSPS) is 25.7. The Morgan fingerprint density at radius 2 is 2.28 bits per heavy atom. The van der Waals surface area contributed by atoms with Crippen molar-refractivity contribution in [2.24, 2.45) is 5.73 Å². The number of halogens is 1. The Morgan fingerprint density at radius 3 is 3.06 bits per heavy atom. The molecule has 2 N–H and O–H groups in total. The summed E-state index contributed by atoms with van der Waals surface area (Å²) in [6.07, 6.45) is 2.91. The lowest BCUT2D eigenvalue weighted by Crippen LogP contribution is -2.45. The number of piperidine rings is 1. The van der Waals surface area contributed by atoms with Crippen molar-refractivity contribution in [3.63, 3.8) is 0 Å². The highest BCUT2D eigenvalue weighted by Gasteiger charge is 2.28. The molecule has 18 heavy (non-hydrogen) atoms. The standard InChI is InChI=1S/C14H17ClN2O/c1-17-5-4-10(13(16)7-17)12-8-18-14-3-2-9(15)6-11(12)14/h2-3,6,8,10,13H,4-5,7,16H2,1H3. The van der Waals surface area contributed by atoms with Crippen molar-refractivity contribution in [1.82, 2.24) is 4.90 Å². The predicted octanol–water partition coefficient (Wildman–Crippen LogP) is 2.83. The van der Waals surface area contributed by atoms with E-state index in [1.807, 2.05) is 24.5 Å². The molecule has 0 saturated carbocycles. The zero-order chi connectivity index (χ0) is 12.7. The maximum Gasteiger partial charge on any atom is 0.134 e. The highest BCUT2D eigenvalue weighted by molar-refractivity contribution is 6.31. The zero-order valence-corrected chi connectivity index (χ0v) is 11.2. The highest BCUT2D eigenvalue weighted by Crippen LogP contribution is 2.34. The number of furan rings is 1. The summed E-state index contributed by atoms with van der Waals surface area (Å²) in [6, 6.07) is 5.90. The zero-order valence-electron chi connectivity index (χ0n) is 10.4. The highest BCUT2D eigenvalue weighted by atomic mass is 35.5. The van der Waals surface area contributed by atoms with E-state index in [0.29, 0.717) is 5.92 Å². The second kappa shape index (κ2) is 4.57. The molecule has 2 heterocycles. The number of benzene rings is 1. The SMILES string of the molecule is CN1CCC(c2coc3ccc(Cl)cc23)C(N)C1. The summed E-state index contributed by atoms with van der Waals surface area (Å²) in [7, 11) is 2.11. The van der Waals surface area contributed by atoms with Crippen molar-refractivity contribution in [2.75, 3.05) is 20.1 Å². The molecule has 2 aromatic rings. The molecule has 1 aliphatic heterocycles. The van der Waals surface area contributed by atoms with Crippen LogP contribution in [0, 0.1) is 0 Å². The van der Waals surface area contributed by atoms with Crippen LogP contribution in [0.3, 0.4) is 0 Å². The van der Waals surface area contributed by atoms with Gasteiger partial charge in [0.25, 0.3) is 0 Å². The molecule has 1 aromatic carbocycles. The molecule has 3 rings (SSSR count). The molecular formula is C14H17ClN2O. The Bertz CT molecular complexity index is 566. The summed E-state index contributed by atoms with van der Waals surface area (Å²) in [5.74, 6) is 0.362. The smallest absolute Gasteiger partial charge is 0.134 e. The molecule has 0 aliphatic carbocycles. The largest absolute Gasteiger partial charge is 0.464 e. The first-order valence-corrected chi connectivity index (χ1v) is 6.63. The van der Waals surface area contributed by atoms with Crippen LogP contribution in [0.25, 0.3) is 11.0 Å². The van der Waals surface area contributed by atoms with Gasteiger partial charge in [-0.1, -0.05) is 11.6 Å². The minimum atomic E-state index is 0.156. The fourth-order valence-corrected chi connectivity index (χ4v) is 3.02. The van der Waals surface area contributed by atoms with E-state index in [1.54, 1.807) is 0 Å². The molecule has 1 saturated heterocycles. The molecule has 3 nitrogen and oxygen atoms in total. The van der Waals surface area contributed by atoms with E-state index in [9.17, 15) is 0 Å². The summed E-state index contributed by atoms with van der Waals surface area (Å²) in [6.45, 7) is 2.00. The summed E-state index contributed by atoms with van der Waals surface area (Å²) in [5.41, 5.74) is 8.36. The van der Waals surface area contributed by atoms with Crippen LogP contribution in [0.4, 0.5) is 0 Å². The molecule has 1 fully saturated rings. The van der Waals surface area contributed by atoms with Crippen molar-refractivity contribution in [2.45, 2.75) is 18.4 Å². The molecule has 2 unspecified atom stereocenters. The minimum Gasteiger partial charge on any atom is -0.464 e. The van der Waals surface area contributed by atoms with Gasteiger partial charge >= 0.3 is 0 Å². The van der Waals surface area contributed by atoms with Gasteiger partial charge in [-0.2, -0.15) is 0 Å². The van der Waals surface area contributed by atoms with E-state index in [2.05, 4.69) is 11.9 Å². The van der Waals surface area contributed by atoms with Gasteiger partial charge < -0.3 is 15.1 Å². The lowest BCUT2D eigenvalue weighted by atomic mass is 9.86. The van der Waals surface area contributed by atoms with Crippen LogP contribution >= 0.6 is 11.6 Å². The average molecular weight is 265 g/mol. The Labute approximate surface area is 111 Å². The number of hydrogen-bond acceptors (Lipinski definition) is 3. The molecule has 2 atom stereocenters. The van der Waals surface area contributed by atoms with Crippen LogP contribution in [0.2, 0.25) is 5.02 Å². The number of rotatable bonds is 1. The van der Waals surface area contributed by atoms with Crippen molar-refractivity contribution < 1.29 is 4.42 Å². The van der Waals surface area contributed by atoms with Crippen LogP contribution in [-0.4, -0.2) is 31.1 Å². The molecule has 96 valence electrons. The molecule has 0 bridgehead atoms. The Balaban J connectivity index is 2.01. The van der Waals surface area contributed by atoms with Gasteiger partial charge in [-0.15, -0.1) is 0 Å². The number of nitrogens with two attached hydrogens (primary N) is 1. The van der Waals surface area contributed by atoms with Gasteiger partial charge in [0.1, 0.15) is 5.58 Å². The molecule has 0 amide bonds. The Kier molecular flexibility index (Phi) is 3.06. The third kappa shape index (κ3) is 2.03. The number of likely N-dealkylation sites (N-methyl/N-ethyl adjacent to an activating group) is 1. The van der Waals surface area contributed by atoms with Gasteiger partial charge in [0, 0.05) is 34.5 Å². The third-order valence-electron chi connectivity index (χ3n) is 3.83. The predicted molar refractivity (Wildman–Crippen MR) is 74.1 cm³/mol. The van der Waals surface area contributed by atoms with E-state index in [0.717, 1.165) is 35.5 Å². The van der Waals surface area contributed by atoms with Gasteiger partial charge in [-0.05, 0) is 38.2 Å². The first-order valence-electron chi connectivity index (χ1n) is 6.26. The quantitative estimate of drug-likeness (QED) is 0.861. The molecular weight excluding hydrogens is 248 g/mol. The molecule has 0 spiro atoms. The van der Waals surface area contributed by atoms with Crippen molar-refractivity contribution in [1.29, 1.82) is 0 Å². The van der Waals surface area contributed by atoms with E-state index < -0.39 is 0 Å². The third-order valence-corrected chi connectivity index (χ3v) is 4.06. The van der Waals surface area contributed by atoms with Crippen LogP contribution in [-0.2, 0) is 0 Å². The lowest BCUT2D eigenvalue weighted by Gasteiger charge is -2.34. The van der Waals surface area contributed by atoms with Gasteiger partial charge in [0.15, 0.2) is 0 Å². The minimum absolute atomic E-state index is 0.156. The summed E-state index contributed by atoms with van der Waals surface area (Å²) >= 11 is 6.06. The van der Waals surface area contributed by atoms with Crippen LogP contribution in [0.5, 0.6) is 0 Å².